The molecule has 0 bridgehead atoms. The molecule has 2 fully saturated rings. The number of Topliss-reactive ketones (excluding diaryl/α,β-unsaturated/α-hetero) is 1. The zero-order valence-electron chi connectivity index (χ0n) is 16.8. The van der Waals surface area contributed by atoms with E-state index in [1.165, 1.54) is 5.69 Å². The minimum atomic E-state index is 0.190. The van der Waals surface area contributed by atoms with E-state index in [1.807, 2.05) is 7.05 Å². The van der Waals surface area contributed by atoms with Crippen molar-refractivity contribution in [2.45, 2.75) is 25.4 Å². The maximum absolute atomic E-state index is 12.7. The second-order valence-corrected chi connectivity index (χ2v) is 7.90. The Bertz CT molecular complexity index is 795. The van der Waals surface area contributed by atoms with Gasteiger partial charge in [-0.15, -0.1) is 0 Å². The number of carbonyl (C=O) groups excluding carboxylic acids is 1. The van der Waals surface area contributed by atoms with Crippen LogP contribution in [0.1, 0.15) is 19.3 Å². The molecule has 0 radical (unpaired) electrons. The van der Waals surface area contributed by atoms with Crippen molar-refractivity contribution in [1.82, 2.24) is 19.7 Å². The van der Waals surface area contributed by atoms with Crippen LogP contribution in [0.5, 0.6) is 0 Å². The molecule has 2 aliphatic heterocycles. The third kappa shape index (κ3) is 4.25. The van der Waals surface area contributed by atoms with E-state index in [-0.39, 0.29) is 5.92 Å². The Morgan fingerprint density at radius 2 is 1.89 bits per heavy atom. The second-order valence-electron chi connectivity index (χ2n) is 7.90. The van der Waals surface area contributed by atoms with Gasteiger partial charge in [0.15, 0.2) is 5.82 Å². The van der Waals surface area contributed by atoms with Crippen molar-refractivity contribution in [3.8, 4) is 11.4 Å². The van der Waals surface area contributed by atoms with E-state index in [4.69, 9.17) is 4.74 Å². The third-order valence-electron chi connectivity index (χ3n) is 5.98. The van der Waals surface area contributed by atoms with Gasteiger partial charge >= 0.3 is 0 Å². The van der Waals surface area contributed by atoms with Gasteiger partial charge in [0.25, 0.3) is 0 Å². The number of anilines is 1. The van der Waals surface area contributed by atoms with Gasteiger partial charge in [0.2, 0.25) is 0 Å². The van der Waals surface area contributed by atoms with Crippen LogP contribution in [0.25, 0.3) is 11.4 Å². The molecule has 0 aliphatic carbocycles. The first-order valence-corrected chi connectivity index (χ1v) is 10.1. The fourth-order valence-corrected chi connectivity index (χ4v) is 4.24. The van der Waals surface area contributed by atoms with Crippen LogP contribution in [-0.2, 0) is 16.6 Å². The monoisotopic (exact) mass is 383 g/mol. The summed E-state index contributed by atoms with van der Waals surface area (Å²) in [5.41, 5.74) is 2.22. The molecule has 4 rings (SSSR count). The predicted molar refractivity (Wildman–Crippen MR) is 108 cm³/mol. The van der Waals surface area contributed by atoms with Crippen molar-refractivity contribution in [3.63, 3.8) is 0 Å². The Kier molecular flexibility index (Phi) is 5.73. The number of aryl methyl sites for hydroxylation is 1. The van der Waals surface area contributed by atoms with Crippen LogP contribution in [0.2, 0.25) is 0 Å². The van der Waals surface area contributed by atoms with Crippen LogP contribution in [0.15, 0.2) is 30.6 Å². The first-order chi connectivity index (χ1) is 13.6. The van der Waals surface area contributed by atoms with E-state index in [0.717, 1.165) is 56.8 Å². The average molecular weight is 383 g/mol. The molecule has 28 heavy (non-hydrogen) atoms. The fourth-order valence-electron chi connectivity index (χ4n) is 4.24. The number of nitrogens with zero attached hydrogens (tertiary/aromatic N) is 5. The van der Waals surface area contributed by atoms with E-state index >= 15 is 0 Å². The molecule has 2 aromatic rings. The Labute approximate surface area is 166 Å². The predicted octanol–water partition coefficient (Wildman–Crippen LogP) is 1.99. The molecular weight excluding hydrogens is 354 g/mol. The van der Waals surface area contributed by atoms with E-state index in [9.17, 15) is 4.79 Å². The van der Waals surface area contributed by atoms with E-state index in [2.05, 4.69) is 44.1 Å². The average Bonchev–Trinajstić information content (AvgIpc) is 3.37. The number of rotatable bonds is 6. The van der Waals surface area contributed by atoms with Crippen LogP contribution in [0.4, 0.5) is 5.69 Å². The summed E-state index contributed by atoms with van der Waals surface area (Å²) in [4.78, 5) is 21.6. The molecular formula is C21H29N5O2. The summed E-state index contributed by atoms with van der Waals surface area (Å²) in [6.07, 6.45) is 4.90. The highest BCUT2D eigenvalue weighted by Gasteiger charge is 2.29. The van der Waals surface area contributed by atoms with Gasteiger partial charge in [-0.1, -0.05) is 0 Å². The quantitative estimate of drug-likeness (QED) is 0.760. The molecule has 1 aromatic heterocycles. The van der Waals surface area contributed by atoms with Gasteiger partial charge in [0.05, 0.1) is 12.6 Å². The summed E-state index contributed by atoms with van der Waals surface area (Å²) in [6.45, 7) is 4.30. The summed E-state index contributed by atoms with van der Waals surface area (Å²) in [7, 11) is 3.63. The molecule has 0 amide bonds. The molecule has 2 aliphatic rings. The molecule has 7 heteroatoms. The second kappa shape index (κ2) is 8.41. The topological polar surface area (TPSA) is 63.5 Å². The van der Waals surface area contributed by atoms with Gasteiger partial charge in [-0.2, -0.15) is 5.10 Å². The number of piperidine rings is 1. The molecule has 1 atom stereocenters. The molecule has 7 nitrogen and oxygen atoms in total. The van der Waals surface area contributed by atoms with E-state index in [1.54, 1.807) is 18.1 Å². The van der Waals surface area contributed by atoms with Gasteiger partial charge in [-0.3, -0.25) is 14.4 Å². The zero-order chi connectivity index (χ0) is 19.5. The van der Waals surface area contributed by atoms with Gasteiger partial charge in [0, 0.05) is 57.5 Å². The number of ketones is 1. The number of aromatic nitrogens is 3. The van der Waals surface area contributed by atoms with E-state index < -0.39 is 0 Å². The van der Waals surface area contributed by atoms with Gasteiger partial charge in [0.1, 0.15) is 12.1 Å². The zero-order valence-corrected chi connectivity index (χ0v) is 16.8. The summed E-state index contributed by atoms with van der Waals surface area (Å²) in [5.74, 6) is 1.33. The molecule has 2 saturated heterocycles. The van der Waals surface area contributed by atoms with Crippen LogP contribution in [-0.4, -0.2) is 71.4 Å². The number of benzene rings is 1. The number of hydrogen-bond donors (Lipinski definition) is 0. The first kappa shape index (κ1) is 19.1. The highest BCUT2D eigenvalue weighted by atomic mass is 16.5. The van der Waals surface area contributed by atoms with Crippen molar-refractivity contribution in [2.24, 2.45) is 13.0 Å². The van der Waals surface area contributed by atoms with Crippen molar-refractivity contribution in [2.75, 3.05) is 44.7 Å². The lowest BCUT2D eigenvalue weighted by Gasteiger charge is -2.33. The van der Waals surface area contributed by atoms with Crippen molar-refractivity contribution >= 4 is 11.5 Å². The van der Waals surface area contributed by atoms with Crippen molar-refractivity contribution < 1.29 is 9.53 Å². The molecule has 0 saturated carbocycles. The van der Waals surface area contributed by atoms with Gasteiger partial charge < -0.3 is 9.64 Å². The van der Waals surface area contributed by atoms with Gasteiger partial charge in [-0.25, -0.2) is 4.98 Å². The largest absolute Gasteiger partial charge is 0.380 e. The lowest BCUT2D eigenvalue weighted by atomic mass is 9.92. The number of carbonyl (C=O) groups is 1. The maximum atomic E-state index is 12.7. The normalized spacial score (nSPS) is 21.4. The summed E-state index contributed by atoms with van der Waals surface area (Å²) >= 11 is 0. The Morgan fingerprint density at radius 1 is 1.14 bits per heavy atom. The van der Waals surface area contributed by atoms with Crippen LogP contribution < -0.4 is 4.90 Å². The number of ether oxygens (including phenoxy) is 1. The van der Waals surface area contributed by atoms with Crippen LogP contribution in [0.3, 0.4) is 0 Å². The Morgan fingerprint density at radius 3 is 2.50 bits per heavy atom. The maximum Gasteiger partial charge on any atom is 0.181 e. The number of likely N-dealkylation sites (tertiary alicyclic amines) is 1. The van der Waals surface area contributed by atoms with Crippen LogP contribution in [0, 0.1) is 5.92 Å². The standard InChI is InChI=1S/C21H29N5O2/c1-24-15-22-21(23-24)17-3-5-18(6-4-17)26-11-7-16(8-12-26)20(27)14-25-10-9-19(13-25)28-2/h3-6,15-16,19H,7-14H2,1-2H3/t19-/m0/s1. The lowest BCUT2D eigenvalue weighted by Crippen LogP contribution is -2.40. The molecule has 0 spiro atoms. The Balaban J connectivity index is 1.28. The molecule has 1 aromatic carbocycles. The number of hydrogen-bond acceptors (Lipinski definition) is 6. The van der Waals surface area contributed by atoms with Gasteiger partial charge in [-0.05, 0) is 43.5 Å². The van der Waals surface area contributed by atoms with Crippen molar-refractivity contribution in [3.05, 3.63) is 30.6 Å². The van der Waals surface area contributed by atoms with Crippen LogP contribution >= 0.6 is 0 Å². The number of methoxy groups -OCH3 is 1. The Hall–Kier alpha value is -2.25. The fraction of sp³-hybridized carbons (Fsp3) is 0.571. The summed E-state index contributed by atoms with van der Waals surface area (Å²) in [5, 5.41) is 4.35. The molecule has 0 N–H and O–H groups in total. The van der Waals surface area contributed by atoms with Crippen molar-refractivity contribution in [1.29, 1.82) is 0 Å². The summed E-state index contributed by atoms with van der Waals surface area (Å²) < 4.78 is 7.11. The first-order valence-electron chi connectivity index (χ1n) is 10.1. The molecule has 0 unspecified atom stereocenters. The summed E-state index contributed by atoms with van der Waals surface area (Å²) in [6, 6.07) is 8.40. The minimum absolute atomic E-state index is 0.190. The minimum Gasteiger partial charge on any atom is -0.380 e. The third-order valence-corrected chi connectivity index (χ3v) is 5.98. The molecule has 3 heterocycles. The lowest BCUT2D eigenvalue weighted by molar-refractivity contribution is -0.124. The molecule has 150 valence electrons. The highest BCUT2D eigenvalue weighted by Crippen LogP contribution is 2.26. The smallest absolute Gasteiger partial charge is 0.181 e. The SMILES string of the molecule is CO[C@H]1CCN(CC(=O)C2CCN(c3ccc(-c4ncn(C)n4)cc3)CC2)C1. The highest BCUT2D eigenvalue weighted by molar-refractivity contribution is 5.83. The van der Waals surface area contributed by atoms with E-state index in [0.29, 0.717) is 18.4 Å².